The normalized spacial score (nSPS) is 12.1. The fourth-order valence-corrected chi connectivity index (χ4v) is 1.42. The Kier molecular flexibility index (Phi) is 4.43. The number of halogens is 1. The molecule has 0 amide bonds. The number of carboxylic acids is 1. The molecule has 4 heteroatoms. The van der Waals surface area contributed by atoms with Crippen molar-refractivity contribution in [3.05, 3.63) is 29.3 Å². The number of carbonyl (C=O) groups is 1. The van der Waals surface area contributed by atoms with Gasteiger partial charge in [-0.25, -0.2) is 4.79 Å². The van der Waals surface area contributed by atoms with E-state index in [0.717, 1.165) is 12.1 Å². The topological polar surface area (TPSA) is 49.3 Å². The molecule has 2 N–H and O–H groups in total. The SMILES string of the molecule is CCC[C@@H](Nc1ccc(Cl)cc1)C(=O)O. The molecule has 1 atom stereocenters. The van der Waals surface area contributed by atoms with Crippen molar-refractivity contribution in [3.63, 3.8) is 0 Å². The zero-order chi connectivity index (χ0) is 11.3. The maximum absolute atomic E-state index is 10.9. The Morgan fingerprint density at radius 1 is 1.47 bits per heavy atom. The van der Waals surface area contributed by atoms with Crippen LogP contribution in [0.25, 0.3) is 0 Å². The first kappa shape index (κ1) is 11.9. The van der Waals surface area contributed by atoms with Crippen molar-refractivity contribution in [2.45, 2.75) is 25.8 Å². The van der Waals surface area contributed by atoms with Crippen LogP contribution in [0.1, 0.15) is 19.8 Å². The lowest BCUT2D eigenvalue weighted by Crippen LogP contribution is -2.28. The highest BCUT2D eigenvalue weighted by atomic mass is 35.5. The van der Waals surface area contributed by atoms with Gasteiger partial charge < -0.3 is 10.4 Å². The highest BCUT2D eigenvalue weighted by Gasteiger charge is 2.15. The van der Waals surface area contributed by atoms with E-state index in [-0.39, 0.29) is 0 Å². The fourth-order valence-electron chi connectivity index (χ4n) is 1.29. The zero-order valence-electron chi connectivity index (χ0n) is 8.53. The predicted octanol–water partition coefficient (Wildman–Crippen LogP) is 3.01. The second-order valence-corrected chi connectivity index (χ2v) is 3.77. The predicted molar refractivity (Wildman–Crippen MR) is 61.4 cm³/mol. The third-order valence-corrected chi connectivity index (χ3v) is 2.31. The summed E-state index contributed by atoms with van der Waals surface area (Å²) in [5, 5.41) is 12.5. The van der Waals surface area contributed by atoms with Crippen LogP contribution in [-0.4, -0.2) is 17.1 Å². The van der Waals surface area contributed by atoms with Gasteiger partial charge in [-0.3, -0.25) is 0 Å². The summed E-state index contributed by atoms with van der Waals surface area (Å²) >= 11 is 5.73. The molecule has 0 bridgehead atoms. The summed E-state index contributed by atoms with van der Waals surface area (Å²) in [6.07, 6.45) is 1.44. The van der Waals surface area contributed by atoms with Crippen LogP contribution in [0.4, 0.5) is 5.69 Å². The molecule has 0 fully saturated rings. The van der Waals surface area contributed by atoms with Gasteiger partial charge in [0.1, 0.15) is 6.04 Å². The standard InChI is InChI=1S/C11H14ClNO2/c1-2-3-10(11(14)15)13-9-6-4-8(12)5-7-9/h4-7,10,13H,2-3H2,1H3,(H,14,15)/t10-/m1/s1. The molecule has 0 radical (unpaired) electrons. The first-order valence-corrected chi connectivity index (χ1v) is 5.26. The summed E-state index contributed by atoms with van der Waals surface area (Å²) in [6, 6.07) is 6.47. The maximum Gasteiger partial charge on any atom is 0.326 e. The molecule has 15 heavy (non-hydrogen) atoms. The molecule has 0 heterocycles. The zero-order valence-corrected chi connectivity index (χ0v) is 9.29. The molecule has 1 aromatic carbocycles. The Hall–Kier alpha value is -1.22. The van der Waals surface area contributed by atoms with E-state index in [1.54, 1.807) is 24.3 Å². The highest BCUT2D eigenvalue weighted by molar-refractivity contribution is 6.30. The van der Waals surface area contributed by atoms with E-state index >= 15 is 0 Å². The Labute approximate surface area is 94.1 Å². The summed E-state index contributed by atoms with van der Waals surface area (Å²) < 4.78 is 0. The van der Waals surface area contributed by atoms with Gasteiger partial charge in [0.05, 0.1) is 0 Å². The molecule has 0 aromatic heterocycles. The van der Waals surface area contributed by atoms with E-state index in [2.05, 4.69) is 5.32 Å². The van der Waals surface area contributed by atoms with Crippen LogP contribution >= 0.6 is 11.6 Å². The average molecular weight is 228 g/mol. The minimum atomic E-state index is -0.827. The summed E-state index contributed by atoms with van der Waals surface area (Å²) in [7, 11) is 0. The van der Waals surface area contributed by atoms with Gasteiger partial charge in [0.15, 0.2) is 0 Å². The molecule has 0 aliphatic rings. The highest BCUT2D eigenvalue weighted by Crippen LogP contribution is 2.15. The number of aliphatic carboxylic acids is 1. The molecular formula is C11H14ClNO2. The lowest BCUT2D eigenvalue weighted by molar-refractivity contribution is -0.138. The molecule has 0 saturated carbocycles. The minimum absolute atomic E-state index is 0.531. The van der Waals surface area contributed by atoms with Crippen molar-refractivity contribution in [2.75, 3.05) is 5.32 Å². The van der Waals surface area contributed by atoms with Gasteiger partial charge in [0, 0.05) is 10.7 Å². The Morgan fingerprint density at radius 3 is 2.53 bits per heavy atom. The number of anilines is 1. The molecule has 0 saturated heterocycles. The first-order chi connectivity index (χ1) is 7.13. The Balaban J connectivity index is 2.65. The first-order valence-electron chi connectivity index (χ1n) is 4.88. The van der Waals surface area contributed by atoms with Crippen molar-refractivity contribution < 1.29 is 9.90 Å². The van der Waals surface area contributed by atoms with Crippen LogP contribution in [0.15, 0.2) is 24.3 Å². The van der Waals surface area contributed by atoms with Gasteiger partial charge in [-0.1, -0.05) is 24.9 Å². The number of nitrogens with one attached hydrogen (secondary N) is 1. The number of benzene rings is 1. The number of hydrogen-bond acceptors (Lipinski definition) is 2. The van der Waals surface area contributed by atoms with Gasteiger partial charge in [0.2, 0.25) is 0 Å². The van der Waals surface area contributed by atoms with Crippen LogP contribution < -0.4 is 5.32 Å². The monoisotopic (exact) mass is 227 g/mol. The van der Waals surface area contributed by atoms with Gasteiger partial charge in [-0.2, -0.15) is 0 Å². The van der Waals surface area contributed by atoms with Gasteiger partial charge in [-0.15, -0.1) is 0 Å². The number of rotatable bonds is 5. The second-order valence-electron chi connectivity index (χ2n) is 3.33. The van der Waals surface area contributed by atoms with E-state index in [9.17, 15) is 4.79 Å². The van der Waals surface area contributed by atoms with Crippen LogP contribution in [0.3, 0.4) is 0 Å². The van der Waals surface area contributed by atoms with E-state index < -0.39 is 12.0 Å². The quantitative estimate of drug-likeness (QED) is 0.813. The maximum atomic E-state index is 10.9. The molecule has 82 valence electrons. The largest absolute Gasteiger partial charge is 0.480 e. The van der Waals surface area contributed by atoms with Crippen LogP contribution in [0, 0.1) is 0 Å². The smallest absolute Gasteiger partial charge is 0.326 e. The molecule has 3 nitrogen and oxygen atoms in total. The third kappa shape index (κ3) is 3.80. The van der Waals surface area contributed by atoms with Crippen molar-refractivity contribution in [3.8, 4) is 0 Å². The van der Waals surface area contributed by atoms with Crippen LogP contribution in [0.2, 0.25) is 5.02 Å². The van der Waals surface area contributed by atoms with Gasteiger partial charge in [0.25, 0.3) is 0 Å². The molecule has 1 aromatic rings. The molecular weight excluding hydrogens is 214 g/mol. The van der Waals surface area contributed by atoms with Crippen molar-refractivity contribution in [1.82, 2.24) is 0 Å². The summed E-state index contributed by atoms with van der Waals surface area (Å²) in [5.41, 5.74) is 0.778. The third-order valence-electron chi connectivity index (χ3n) is 2.06. The Bertz CT molecular complexity index is 324. The van der Waals surface area contributed by atoms with E-state index in [0.29, 0.717) is 11.4 Å². The van der Waals surface area contributed by atoms with Gasteiger partial charge >= 0.3 is 5.97 Å². The van der Waals surface area contributed by atoms with Gasteiger partial charge in [-0.05, 0) is 30.7 Å². The molecule has 0 aliphatic heterocycles. The van der Waals surface area contributed by atoms with Crippen LogP contribution in [0.5, 0.6) is 0 Å². The molecule has 0 unspecified atom stereocenters. The summed E-state index contributed by atoms with van der Waals surface area (Å²) in [6.45, 7) is 1.96. The summed E-state index contributed by atoms with van der Waals surface area (Å²) in [4.78, 5) is 10.9. The Morgan fingerprint density at radius 2 is 2.07 bits per heavy atom. The van der Waals surface area contributed by atoms with E-state index in [1.807, 2.05) is 6.92 Å². The van der Waals surface area contributed by atoms with Crippen molar-refractivity contribution in [1.29, 1.82) is 0 Å². The van der Waals surface area contributed by atoms with Crippen LogP contribution in [-0.2, 0) is 4.79 Å². The van der Waals surface area contributed by atoms with Crippen molar-refractivity contribution in [2.24, 2.45) is 0 Å². The number of hydrogen-bond donors (Lipinski definition) is 2. The fraction of sp³-hybridized carbons (Fsp3) is 0.364. The van der Waals surface area contributed by atoms with E-state index in [1.165, 1.54) is 0 Å². The lowest BCUT2D eigenvalue weighted by atomic mass is 10.1. The van der Waals surface area contributed by atoms with Crippen molar-refractivity contribution >= 4 is 23.3 Å². The molecule has 0 spiro atoms. The molecule has 0 aliphatic carbocycles. The molecule has 1 rings (SSSR count). The average Bonchev–Trinajstić information content (AvgIpc) is 2.20. The minimum Gasteiger partial charge on any atom is -0.480 e. The van der Waals surface area contributed by atoms with E-state index in [4.69, 9.17) is 16.7 Å². The second kappa shape index (κ2) is 5.61. The number of carboxylic acid groups (broad SMARTS) is 1. The summed E-state index contributed by atoms with van der Waals surface area (Å²) in [5.74, 6) is -0.827. The lowest BCUT2D eigenvalue weighted by Gasteiger charge is -2.14.